The molecule has 0 fully saturated rings. The third-order valence-electron chi connectivity index (χ3n) is 3.67. The summed E-state index contributed by atoms with van der Waals surface area (Å²) in [6.07, 6.45) is 1.81. The standard InChI is InChI=1S/C15H24O4.H3O3P/c1-2-3-6-12-7-4-5-8-13(12)14(19)15(9-16,10-17)11-18;1-4(2)3/h4-5,7-8,14,16-19H,2-3,6,9-11H2,1H3;1-3H. The van der Waals surface area contributed by atoms with Gasteiger partial charge in [-0.15, -0.1) is 0 Å². The van der Waals surface area contributed by atoms with Gasteiger partial charge in [0.2, 0.25) is 0 Å². The SMILES string of the molecule is CCCCc1ccccc1C(O)C(CO)(CO)CO.OP(O)O. The van der Waals surface area contributed by atoms with Crippen molar-refractivity contribution >= 4 is 8.60 Å². The third kappa shape index (κ3) is 7.20. The van der Waals surface area contributed by atoms with Crippen molar-refractivity contribution in [3.8, 4) is 0 Å². The molecule has 0 saturated heterocycles. The summed E-state index contributed by atoms with van der Waals surface area (Å²) in [7, 11) is -2.62. The second-order valence-corrected chi connectivity index (χ2v) is 5.85. The van der Waals surface area contributed by atoms with Crippen molar-refractivity contribution in [2.75, 3.05) is 19.8 Å². The van der Waals surface area contributed by atoms with Gasteiger partial charge in [0.05, 0.1) is 31.3 Å². The topological polar surface area (TPSA) is 142 Å². The van der Waals surface area contributed by atoms with Gasteiger partial charge < -0.3 is 35.1 Å². The number of aryl methyl sites for hydroxylation is 1. The normalized spacial score (nSPS) is 12.7. The summed E-state index contributed by atoms with van der Waals surface area (Å²) in [5, 5.41) is 38.6. The van der Waals surface area contributed by atoms with Gasteiger partial charge in [-0.2, -0.15) is 0 Å². The lowest BCUT2D eigenvalue weighted by Crippen LogP contribution is -2.40. The van der Waals surface area contributed by atoms with Crippen molar-refractivity contribution in [1.29, 1.82) is 0 Å². The summed E-state index contributed by atoms with van der Waals surface area (Å²) in [6, 6.07) is 7.43. The minimum Gasteiger partial charge on any atom is -0.395 e. The molecule has 134 valence electrons. The second kappa shape index (κ2) is 11.8. The average Bonchev–Trinajstić information content (AvgIpc) is 2.54. The fraction of sp³-hybridized carbons (Fsp3) is 0.600. The summed E-state index contributed by atoms with van der Waals surface area (Å²) in [6.45, 7) is 0.689. The van der Waals surface area contributed by atoms with Crippen LogP contribution in [0.2, 0.25) is 0 Å². The van der Waals surface area contributed by atoms with Gasteiger partial charge in [0.1, 0.15) is 0 Å². The molecule has 0 amide bonds. The third-order valence-corrected chi connectivity index (χ3v) is 3.67. The Bertz CT molecular complexity index is 413. The Morgan fingerprint density at radius 2 is 1.48 bits per heavy atom. The van der Waals surface area contributed by atoms with Crippen LogP contribution in [0.15, 0.2) is 24.3 Å². The average molecular weight is 350 g/mol. The fourth-order valence-electron chi connectivity index (χ4n) is 2.14. The Morgan fingerprint density at radius 1 is 1.00 bits per heavy atom. The minimum absolute atomic E-state index is 0.469. The molecule has 1 aromatic rings. The first-order valence-corrected chi connectivity index (χ1v) is 8.53. The van der Waals surface area contributed by atoms with E-state index in [4.69, 9.17) is 14.7 Å². The van der Waals surface area contributed by atoms with Gasteiger partial charge in [-0.25, -0.2) is 0 Å². The molecule has 0 saturated carbocycles. The van der Waals surface area contributed by atoms with E-state index in [1.807, 2.05) is 18.2 Å². The Morgan fingerprint density at radius 3 is 1.91 bits per heavy atom. The molecule has 1 atom stereocenters. The van der Waals surface area contributed by atoms with Gasteiger partial charge >= 0.3 is 8.60 Å². The number of hydrogen-bond acceptors (Lipinski definition) is 7. The van der Waals surface area contributed by atoms with E-state index < -0.39 is 39.9 Å². The van der Waals surface area contributed by atoms with E-state index in [1.165, 1.54) is 0 Å². The van der Waals surface area contributed by atoms with Crippen LogP contribution in [0.5, 0.6) is 0 Å². The number of benzene rings is 1. The summed E-state index contributed by atoms with van der Waals surface area (Å²) in [5.41, 5.74) is 0.368. The van der Waals surface area contributed by atoms with Crippen LogP contribution in [-0.2, 0) is 6.42 Å². The number of unbranched alkanes of at least 4 members (excludes halogenated alkanes) is 1. The molecule has 0 aliphatic carbocycles. The first-order valence-electron chi connectivity index (χ1n) is 7.33. The summed E-state index contributed by atoms with van der Waals surface area (Å²) < 4.78 is 0. The highest BCUT2D eigenvalue weighted by Gasteiger charge is 2.38. The lowest BCUT2D eigenvalue weighted by molar-refractivity contribution is -0.0855. The number of hydrogen-bond donors (Lipinski definition) is 7. The monoisotopic (exact) mass is 350 g/mol. The van der Waals surface area contributed by atoms with E-state index in [9.17, 15) is 20.4 Å². The minimum atomic E-state index is -2.62. The van der Waals surface area contributed by atoms with Crippen LogP contribution >= 0.6 is 8.60 Å². The van der Waals surface area contributed by atoms with Gasteiger partial charge in [-0.3, -0.25) is 0 Å². The van der Waals surface area contributed by atoms with Crippen LogP contribution in [-0.4, -0.2) is 54.9 Å². The Kier molecular flexibility index (Phi) is 11.5. The molecule has 0 aliphatic rings. The quantitative estimate of drug-likeness (QED) is 0.332. The van der Waals surface area contributed by atoms with Crippen molar-refractivity contribution in [3.63, 3.8) is 0 Å². The fourth-order valence-corrected chi connectivity index (χ4v) is 2.14. The first-order chi connectivity index (χ1) is 10.9. The predicted molar refractivity (Wildman–Crippen MR) is 87.3 cm³/mol. The second-order valence-electron chi connectivity index (χ2n) is 5.31. The number of rotatable bonds is 8. The van der Waals surface area contributed by atoms with Gasteiger partial charge in [0, 0.05) is 0 Å². The maximum absolute atomic E-state index is 10.4. The lowest BCUT2D eigenvalue weighted by atomic mass is 9.79. The lowest BCUT2D eigenvalue weighted by Gasteiger charge is -2.34. The molecule has 1 rings (SSSR count). The van der Waals surface area contributed by atoms with Gasteiger partial charge in [-0.1, -0.05) is 37.6 Å². The number of aliphatic hydroxyl groups excluding tert-OH is 4. The zero-order chi connectivity index (χ0) is 17.9. The molecule has 0 bridgehead atoms. The molecule has 0 aliphatic heterocycles. The van der Waals surface area contributed by atoms with Crippen molar-refractivity contribution in [3.05, 3.63) is 35.4 Å². The highest BCUT2D eigenvalue weighted by Crippen LogP contribution is 2.35. The van der Waals surface area contributed by atoms with Crippen LogP contribution in [0.3, 0.4) is 0 Å². The van der Waals surface area contributed by atoms with Crippen molar-refractivity contribution in [2.45, 2.75) is 32.3 Å². The van der Waals surface area contributed by atoms with E-state index in [1.54, 1.807) is 6.07 Å². The molecule has 0 heterocycles. The largest absolute Gasteiger partial charge is 0.395 e. The molecule has 1 aromatic carbocycles. The molecule has 7 N–H and O–H groups in total. The van der Waals surface area contributed by atoms with Gasteiger partial charge in [0.25, 0.3) is 0 Å². The molecule has 8 heteroatoms. The van der Waals surface area contributed by atoms with E-state index in [0.29, 0.717) is 5.56 Å². The van der Waals surface area contributed by atoms with Gasteiger partial charge in [0.15, 0.2) is 0 Å². The van der Waals surface area contributed by atoms with E-state index >= 15 is 0 Å². The maximum Gasteiger partial charge on any atom is 0.324 e. The van der Waals surface area contributed by atoms with Crippen molar-refractivity contribution in [2.24, 2.45) is 5.41 Å². The molecular weight excluding hydrogens is 323 g/mol. The van der Waals surface area contributed by atoms with Crippen LogP contribution in [0, 0.1) is 5.41 Å². The molecule has 23 heavy (non-hydrogen) atoms. The van der Waals surface area contributed by atoms with Crippen molar-refractivity contribution in [1.82, 2.24) is 0 Å². The Labute approximate surface area is 137 Å². The maximum atomic E-state index is 10.4. The van der Waals surface area contributed by atoms with Crippen molar-refractivity contribution < 1.29 is 35.1 Å². The number of aliphatic hydroxyl groups is 4. The van der Waals surface area contributed by atoms with Gasteiger partial charge in [-0.05, 0) is 24.0 Å². The molecule has 0 aromatic heterocycles. The van der Waals surface area contributed by atoms with E-state index in [2.05, 4.69) is 6.92 Å². The highest BCUT2D eigenvalue weighted by atomic mass is 31.2. The molecule has 0 radical (unpaired) electrons. The summed E-state index contributed by atoms with van der Waals surface area (Å²) >= 11 is 0. The van der Waals surface area contributed by atoms with Crippen LogP contribution in [0.1, 0.15) is 37.0 Å². The molecule has 0 spiro atoms. The molecule has 1 unspecified atom stereocenters. The Balaban J connectivity index is 0.00000108. The zero-order valence-electron chi connectivity index (χ0n) is 13.2. The zero-order valence-corrected chi connectivity index (χ0v) is 14.1. The van der Waals surface area contributed by atoms with E-state index in [-0.39, 0.29) is 0 Å². The Hall–Kier alpha value is -0.630. The highest BCUT2D eigenvalue weighted by molar-refractivity contribution is 7.38. The summed E-state index contributed by atoms with van der Waals surface area (Å²) in [5.74, 6) is 0. The van der Waals surface area contributed by atoms with E-state index in [0.717, 1.165) is 24.8 Å². The smallest absolute Gasteiger partial charge is 0.324 e. The van der Waals surface area contributed by atoms with Crippen LogP contribution < -0.4 is 0 Å². The predicted octanol–water partition coefficient (Wildman–Crippen LogP) is 0.216. The first kappa shape index (κ1) is 22.4. The van der Waals surface area contributed by atoms with Crippen LogP contribution in [0.25, 0.3) is 0 Å². The molecule has 7 nitrogen and oxygen atoms in total. The van der Waals surface area contributed by atoms with Crippen LogP contribution in [0.4, 0.5) is 0 Å². The molecular formula is C15H27O7P. The summed E-state index contributed by atoms with van der Waals surface area (Å²) in [4.78, 5) is 21.7.